The van der Waals surface area contributed by atoms with Crippen LogP contribution in [0.25, 0.3) is 5.65 Å². The molecule has 0 aliphatic heterocycles. The van der Waals surface area contributed by atoms with Crippen LogP contribution in [0.4, 0.5) is 0 Å². The molecule has 4 heteroatoms. The molecule has 0 unspecified atom stereocenters. The van der Waals surface area contributed by atoms with Gasteiger partial charge in [0.1, 0.15) is 11.3 Å². The van der Waals surface area contributed by atoms with Crippen molar-refractivity contribution in [2.45, 2.75) is 20.0 Å². The van der Waals surface area contributed by atoms with Crippen molar-refractivity contribution in [3.05, 3.63) is 108 Å². The SMILES string of the molecule is Cc1cccc2nc(C(=O)N(Cc3ccccc3)Cc3ccccc3)cn12. The van der Waals surface area contributed by atoms with E-state index in [1.165, 1.54) is 0 Å². The van der Waals surface area contributed by atoms with Gasteiger partial charge in [0.25, 0.3) is 5.91 Å². The molecule has 4 nitrogen and oxygen atoms in total. The maximum atomic E-state index is 13.3. The van der Waals surface area contributed by atoms with Crippen LogP contribution in [0, 0.1) is 6.92 Å². The van der Waals surface area contributed by atoms with Crippen LogP contribution in [0.2, 0.25) is 0 Å². The molecule has 0 radical (unpaired) electrons. The summed E-state index contributed by atoms with van der Waals surface area (Å²) in [5.74, 6) is -0.0641. The van der Waals surface area contributed by atoms with E-state index in [0.717, 1.165) is 22.5 Å². The van der Waals surface area contributed by atoms with Crippen molar-refractivity contribution in [1.82, 2.24) is 14.3 Å². The average molecular weight is 355 g/mol. The molecule has 0 aliphatic rings. The molecule has 4 rings (SSSR count). The summed E-state index contributed by atoms with van der Waals surface area (Å²) >= 11 is 0. The third-order valence-corrected chi connectivity index (χ3v) is 4.63. The summed E-state index contributed by atoms with van der Waals surface area (Å²) < 4.78 is 1.95. The first kappa shape index (κ1) is 17.0. The first-order valence-corrected chi connectivity index (χ1v) is 9.02. The maximum absolute atomic E-state index is 13.3. The van der Waals surface area contributed by atoms with E-state index in [-0.39, 0.29) is 5.91 Å². The Balaban J connectivity index is 1.67. The Kier molecular flexibility index (Phi) is 4.71. The number of carbonyl (C=O) groups is 1. The second-order valence-electron chi connectivity index (χ2n) is 6.65. The third-order valence-electron chi connectivity index (χ3n) is 4.63. The van der Waals surface area contributed by atoms with E-state index >= 15 is 0 Å². The molecule has 1 amide bonds. The van der Waals surface area contributed by atoms with Gasteiger partial charge in [0.05, 0.1) is 0 Å². The van der Waals surface area contributed by atoms with Gasteiger partial charge in [-0.2, -0.15) is 0 Å². The van der Waals surface area contributed by atoms with Crippen molar-refractivity contribution in [3.63, 3.8) is 0 Å². The van der Waals surface area contributed by atoms with Crippen LogP contribution in [-0.4, -0.2) is 20.2 Å². The molecular weight excluding hydrogens is 334 g/mol. The van der Waals surface area contributed by atoms with E-state index in [9.17, 15) is 4.79 Å². The smallest absolute Gasteiger partial charge is 0.274 e. The molecule has 0 spiro atoms. The highest BCUT2D eigenvalue weighted by Crippen LogP contribution is 2.16. The number of pyridine rings is 1. The van der Waals surface area contributed by atoms with Crippen molar-refractivity contribution in [2.75, 3.05) is 0 Å². The van der Waals surface area contributed by atoms with E-state index in [1.807, 2.05) is 101 Å². The Hall–Kier alpha value is -3.40. The van der Waals surface area contributed by atoms with Gasteiger partial charge in [-0.15, -0.1) is 0 Å². The van der Waals surface area contributed by atoms with Gasteiger partial charge >= 0.3 is 0 Å². The van der Waals surface area contributed by atoms with Gasteiger partial charge in [-0.3, -0.25) is 4.79 Å². The predicted octanol–water partition coefficient (Wildman–Crippen LogP) is 4.49. The topological polar surface area (TPSA) is 37.6 Å². The number of benzene rings is 2. The highest BCUT2D eigenvalue weighted by atomic mass is 16.2. The van der Waals surface area contributed by atoms with Gasteiger partial charge in [-0.25, -0.2) is 4.98 Å². The molecule has 0 atom stereocenters. The van der Waals surface area contributed by atoms with Gasteiger partial charge < -0.3 is 9.30 Å². The summed E-state index contributed by atoms with van der Waals surface area (Å²) in [5, 5.41) is 0. The number of nitrogens with zero attached hydrogens (tertiary/aromatic N) is 3. The zero-order chi connectivity index (χ0) is 18.6. The van der Waals surface area contributed by atoms with Crippen LogP contribution >= 0.6 is 0 Å². The number of hydrogen-bond acceptors (Lipinski definition) is 2. The fraction of sp³-hybridized carbons (Fsp3) is 0.130. The zero-order valence-corrected chi connectivity index (χ0v) is 15.2. The highest BCUT2D eigenvalue weighted by Gasteiger charge is 2.20. The molecule has 134 valence electrons. The number of amides is 1. The van der Waals surface area contributed by atoms with Crippen molar-refractivity contribution in [2.24, 2.45) is 0 Å². The van der Waals surface area contributed by atoms with E-state index in [0.29, 0.717) is 18.8 Å². The number of carbonyl (C=O) groups excluding carboxylic acids is 1. The number of fused-ring (bicyclic) bond motifs is 1. The summed E-state index contributed by atoms with van der Waals surface area (Å²) in [5.41, 5.74) is 4.51. The number of hydrogen-bond donors (Lipinski definition) is 0. The maximum Gasteiger partial charge on any atom is 0.274 e. The minimum absolute atomic E-state index is 0.0641. The van der Waals surface area contributed by atoms with Gasteiger partial charge in [0, 0.05) is 25.0 Å². The van der Waals surface area contributed by atoms with E-state index in [4.69, 9.17) is 0 Å². The van der Waals surface area contributed by atoms with Crippen LogP contribution in [0.3, 0.4) is 0 Å². The quantitative estimate of drug-likeness (QED) is 0.529. The zero-order valence-electron chi connectivity index (χ0n) is 15.2. The second-order valence-corrected chi connectivity index (χ2v) is 6.65. The Labute approximate surface area is 158 Å². The molecule has 0 N–H and O–H groups in total. The Morgan fingerprint density at radius 2 is 1.44 bits per heavy atom. The standard InChI is InChI=1S/C23H21N3O/c1-18-9-8-14-22-24-21(17-26(18)22)23(27)25(15-19-10-4-2-5-11-19)16-20-12-6-3-7-13-20/h2-14,17H,15-16H2,1H3. The Morgan fingerprint density at radius 3 is 2.00 bits per heavy atom. The second kappa shape index (κ2) is 7.46. The van der Waals surface area contributed by atoms with Crippen LogP contribution in [0.5, 0.6) is 0 Å². The summed E-state index contributed by atoms with van der Waals surface area (Å²) in [4.78, 5) is 19.7. The van der Waals surface area contributed by atoms with Gasteiger partial charge in [0.2, 0.25) is 0 Å². The normalized spacial score (nSPS) is 10.9. The fourth-order valence-electron chi connectivity index (χ4n) is 3.22. The molecule has 0 saturated carbocycles. The lowest BCUT2D eigenvalue weighted by Gasteiger charge is -2.22. The summed E-state index contributed by atoms with van der Waals surface area (Å²) in [7, 11) is 0. The molecule has 2 heterocycles. The molecule has 27 heavy (non-hydrogen) atoms. The van der Waals surface area contributed by atoms with Crippen LogP contribution in [0.1, 0.15) is 27.3 Å². The van der Waals surface area contributed by atoms with Crippen LogP contribution < -0.4 is 0 Å². The van der Waals surface area contributed by atoms with Gasteiger partial charge in [-0.05, 0) is 30.2 Å². The lowest BCUT2D eigenvalue weighted by atomic mass is 10.1. The monoisotopic (exact) mass is 355 g/mol. The molecular formula is C23H21N3O. The molecule has 0 saturated heterocycles. The minimum Gasteiger partial charge on any atom is -0.329 e. The van der Waals surface area contributed by atoms with Crippen molar-refractivity contribution in [1.29, 1.82) is 0 Å². The summed E-state index contributed by atoms with van der Waals surface area (Å²) in [6.07, 6.45) is 1.83. The Morgan fingerprint density at radius 1 is 0.852 bits per heavy atom. The number of aryl methyl sites for hydroxylation is 1. The number of aromatic nitrogens is 2. The molecule has 0 aliphatic carbocycles. The summed E-state index contributed by atoms with van der Waals surface area (Å²) in [6, 6.07) is 26.0. The van der Waals surface area contributed by atoms with Gasteiger partial charge in [-0.1, -0.05) is 66.7 Å². The lowest BCUT2D eigenvalue weighted by molar-refractivity contribution is 0.0724. The van der Waals surface area contributed by atoms with E-state index in [1.54, 1.807) is 0 Å². The molecule has 2 aromatic carbocycles. The third kappa shape index (κ3) is 3.75. The molecule has 4 aromatic rings. The van der Waals surface area contributed by atoms with Crippen LogP contribution in [-0.2, 0) is 13.1 Å². The molecule has 0 bridgehead atoms. The van der Waals surface area contributed by atoms with E-state index < -0.39 is 0 Å². The Bertz CT molecular complexity index is 1010. The lowest BCUT2D eigenvalue weighted by Crippen LogP contribution is -2.30. The molecule has 2 aromatic heterocycles. The van der Waals surface area contributed by atoms with Crippen molar-refractivity contribution >= 4 is 11.6 Å². The van der Waals surface area contributed by atoms with E-state index in [2.05, 4.69) is 4.98 Å². The first-order valence-electron chi connectivity index (χ1n) is 9.02. The first-order chi connectivity index (χ1) is 13.2. The summed E-state index contributed by atoms with van der Waals surface area (Å²) in [6.45, 7) is 3.09. The number of rotatable bonds is 5. The van der Waals surface area contributed by atoms with Crippen molar-refractivity contribution < 1.29 is 4.79 Å². The fourth-order valence-corrected chi connectivity index (χ4v) is 3.22. The highest BCUT2D eigenvalue weighted by molar-refractivity contribution is 5.93. The minimum atomic E-state index is -0.0641. The number of imidazole rings is 1. The molecule has 0 fully saturated rings. The largest absolute Gasteiger partial charge is 0.329 e. The van der Waals surface area contributed by atoms with Crippen LogP contribution in [0.15, 0.2) is 85.1 Å². The van der Waals surface area contributed by atoms with Crippen molar-refractivity contribution in [3.8, 4) is 0 Å². The average Bonchev–Trinajstić information content (AvgIpc) is 3.14. The predicted molar refractivity (Wildman–Crippen MR) is 106 cm³/mol. The van der Waals surface area contributed by atoms with Gasteiger partial charge in [0.15, 0.2) is 0 Å².